The van der Waals surface area contributed by atoms with Crippen LogP contribution in [-0.4, -0.2) is 89.9 Å². The standard InChI is InChI=1S/C16H25N3.C10H18F2N2O2.CH2O2.U/c1-2-11-19(12-3-1)13-5-7-15-9-8-14-6-4-10-17-16(14)18-15;1-14(16)7-6-13-9(15)8-2-4-10(11,12)5-3-8;2-1-3;/h8-9H,1-7,10-13H2,(H,17,18);8,16H,2-7H2,1H3,(H,13,15);1H,(H,2,3);. The van der Waals surface area contributed by atoms with Gasteiger partial charge in [0.2, 0.25) is 11.8 Å². The van der Waals surface area contributed by atoms with Crippen molar-refractivity contribution in [2.24, 2.45) is 5.92 Å². The molecule has 39 heavy (non-hydrogen) atoms. The van der Waals surface area contributed by atoms with Gasteiger partial charge in [-0.3, -0.25) is 9.59 Å². The second-order valence-corrected chi connectivity index (χ2v) is 10.3. The van der Waals surface area contributed by atoms with E-state index in [1.165, 1.54) is 76.5 Å². The zero-order valence-electron chi connectivity index (χ0n) is 23.1. The molecule has 4 rings (SSSR count). The Hall–Kier alpha value is -1.32. The summed E-state index contributed by atoms with van der Waals surface area (Å²) in [6, 6.07) is 4.49. The van der Waals surface area contributed by atoms with E-state index in [1.54, 1.807) is 0 Å². The number of hydrogen-bond donors (Lipinski definition) is 4. The number of aromatic nitrogens is 1. The number of amides is 1. The van der Waals surface area contributed by atoms with E-state index in [-0.39, 0.29) is 75.1 Å². The van der Waals surface area contributed by atoms with Crippen molar-refractivity contribution in [1.82, 2.24) is 20.3 Å². The quantitative estimate of drug-likeness (QED) is 0.233. The normalized spacial score (nSPS) is 18.6. The molecule has 0 spiro atoms. The Bertz CT molecular complexity index is 834. The summed E-state index contributed by atoms with van der Waals surface area (Å²) in [5.41, 5.74) is 2.65. The maximum atomic E-state index is 12.8. The molecule has 2 aliphatic heterocycles. The molecule has 0 radical (unpaired) electrons. The molecule has 1 aromatic heterocycles. The maximum absolute atomic E-state index is 12.8. The molecule has 9 nitrogen and oxygen atoms in total. The summed E-state index contributed by atoms with van der Waals surface area (Å²) in [7, 11) is 1.48. The van der Waals surface area contributed by atoms with Crippen molar-refractivity contribution in [3.63, 3.8) is 0 Å². The van der Waals surface area contributed by atoms with Gasteiger partial charge in [-0.15, -0.1) is 0 Å². The number of nitrogens with one attached hydrogen (secondary N) is 2. The maximum Gasteiger partial charge on any atom is 0.290 e. The summed E-state index contributed by atoms with van der Waals surface area (Å²) in [6.07, 6.45) is 9.07. The Balaban J connectivity index is 0.000000351. The molecule has 4 N–H and O–H groups in total. The van der Waals surface area contributed by atoms with E-state index in [4.69, 9.17) is 20.1 Å². The van der Waals surface area contributed by atoms with Gasteiger partial charge in [0.05, 0.1) is 0 Å². The molecule has 1 aromatic rings. The number of alkyl halides is 2. The van der Waals surface area contributed by atoms with Crippen LogP contribution in [0.1, 0.15) is 69.0 Å². The number of carbonyl (C=O) groups excluding carboxylic acids is 1. The summed E-state index contributed by atoms with van der Waals surface area (Å²) in [5, 5.41) is 22.7. The molecule has 1 amide bonds. The number of nitrogens with zero attached hydrogens (tertiary/aromatic N) is 3. The van der Waals surface area contributed by atoms with Crippen molar-refractivity contribution in [2.75, 3.05) is 51.6 Å². The van der Waals surface area contributed by atoms with Crippen LogP contribution in [0, 0.1) is 37.0 Å². The van der Waals surface area contributed by atoms with Crippen LogP contribution >= 0.6 is 0 Å². The molecule has 12 heteroatoms. The number of likely N-dealkylation sites (tertiary alicyclic amines) is 1. The minimum absolute atomic E-state index is 0. The molecule has 0 aromatic carbocycles. The number of hydrogen-bond acceptors (Lipinski definition) is 7. The third kappa shape index (κ3) is 14.8. The van der Waals surface area contributed by atoms with Gasteiger partial charge in [-0.1, -0.05) is 12.5 Å². The van der Waals surface area contributed by atoms with Gasteiger partial charge in [0, 0.05) is 82.2 Å². The molecule has 1 aliphatic carbocycles. The SMILES string of the molecule is CN(O)CCNC(=O)C1CCC(F)(F)CC1.O=CO.[U].c1cc2c(nc1CCCN1CCCCC1)NCCC2. The van der Waals surface area contributed by atoms with Gasteiger partial charge >= 0.3 is 0 Å². The minimum atomic E-state index is -2.60. The van der Waals surface area contributed by atoms with Crippen LogP contribution in [0.2, 0.25) is 0 Å². The number of carbonyl (C=O) groups is 2. The molecule has 0 bridgehead atoms. The largest absolute Gasteiger partial charge is 0.483 e. The molecule has 2 fully saturated rings. The van der Waals surface area contributed by atoms with Crippen LogP contribution < -0.4 is 10.6 Å². The van der Waals surface area contributed by atoms with Crippen LogP contribution in [0.5, 0.6) is 0 Å². The average molecular weight is 780 g/mol. The Morgan fingerprint density at radius 1 is 1.23 bits per heavy atom. The zero-order chi connectivity index (χ0) is 27.8. The summed E-state index contributed by atoms with van der Waals surface area (Å²) in [6.45, 7) is 5.34. The van der Waals surface area contributed by atoms with Crippen molar-refractivity contribution < 1.29 is 59.8 Å². The van der Waals surface area contributed by atoms with Crippen LogP contribution in [0.3, 0.4) is 0 Å². The predicted octanol–water partition coefficient (Wildman–Crippen LogP) is 3.81. The number of anilines is 1. The van der Waals surface area contributed by atoms with E-state index in [9.17, 15) is 13.6 Å². The van der Waals surface area contributed by atoms with Crippen molar-refractivity contribution in [3.05, 3.63) is 23.4 Å². The van der Waals surface area contributed by atoms with E-state index in [2.05, 4.69) is 27.7 Å². The molecule has 3 heterocycles. The number of hydroxylamine groups is 2. The summed E-state index contributed by atoms with van der Waals surface area (Å²) in [4.78, 5) is 27.3. The third-order valence-electron chi connectivity index (χ3n) is 7.13. The van der Waals surface area contributed by atoms with Crippen molar-refractivity contribution in [2.45, 2.75) is 76.6 Å². The van der Waals surface area contributed by atoms with Crippen LogP contribution in [-0.2, 0) is 22.4 Å². The van der Waals surface area contributed by atoms with Crippen molar-refractivity contribution in [1.29, 1.82) is 0 Å². The number of likely N-dealkylation sites (N-methyl/N-ethyl adjacent to an activating group) is 1. The Morgan fingerprint density at radius 3 is 2.54 bits per heavy atom. The molecule has 0 unspecified atom stereocenters. The molecular formula is C27H45F2N5O4U. The van der Waals surface area contributed by atoms with Gasteiger partial charge in [-0.05, 0) is 82.6 Å². The Kier molecular flexibility index (Phi) is 18.0. The minimum Gasteiger partial charge on any atom is -0.483 e. The third-order valence-corrected chi connectivity index (χ3v) is 7.13. The molecule has 0 atom stereocenters. The number of fused-ring (bicyclic) bond motifs is 1. The molecule has 3 aliphatic rings. The first-order chi connectivity index (χ1) is 18.2. The zero-order valence-corrected chi connectivity index (χ0v) is 27.3. The van der Waals surface area contributed by atoms with E-state index in [1.807, 2.05) is 0 Å². The molecule has 220 valence electrons. The Labute approximate surface area is 254 Å². The van der Waals surface area contributed by atoms with Crippen molar-refractivity contribution >= 4 is 18.2 Å². The first-order valence-corrected chi connectivity index (χ1v) is 13.8. The molecule has 1 saturated carbocycles. The number of carboxylic acid groups (broad SMARTS) is 1. The van der Waals surface area contributed by atoms with E-state index in [0.29, 0.717) is 13.1 Å². The smallest absolute Gasteiger partial charge is 0.290 e. The fraction of sp³-hybridized carbons (Fsp3) is 0.741. The van der Waals surface area contributed by atoms with Gasteiger partial charge in [0.25, 0.3) is 6.47 Å². The monoisotopic (exact) mass is 779 g/mol. The van der Waals surface area contributed by atoms with Gasteiger partial charge in [0.1, 0.15) is 5.82 Å². The number of rotatable bonds is 8. The summed E-state index contributed by atoms with van der Waals surface area (Å²) in [5.74, 6) is -1.94. The first kappa shape index (κ1) is 35.7. The molecule has 1 saturated heterocycles. The van der Waals surface area contributed by atoms with E-state index < -0.39 is 5.92 Å². The predicted molar refractivity (Wildman–Crippen MR) is 143 cm³/mol. The topological polar surface area (TPSA) is 118 Å². The molecular weight excluding hydrogens is 734 g/mol. The second kappa shape index (κ2) is 19.7. The van der Waals surface area contributed by atoms with Gasteiger partial charge in [-0.25, -0.2) is 13.8 Å². The van der Waals surface area contributed by atoms with Crippen LogP contribution in [0.4, 0.5) is 14.6 Å². The number of halogens is 2. The van der Waals surface area contributed by atoms with Crippen molar-refractivity contribution in [3.8, 4) is 0 Å². The van der Waals surface area contributed by atoms with Gasteiger partial charge < -0.3 is 25.8 Å². The van der Waals surface area contributed by atoms with Gasteiger partial charge in [-0.2, -0.15) is 5.06 Å². The van der Waals surface area contributed by atoms with E-state index >= 15 is 0 Å². The number of aryl methyl sites for hydroxylation is 2. The Morgan fingerprint density at radius 2 is 1.90 bits per heavy atom. The summed E-state index contributed by atoms with van der Waals surface area (Å²) >= 11 is 0. The number of pyridine rings is 1. The van der Waals surface area contributed by atoms with Gasteiger partial charge in [0.15, 0.2) is 0 Å². The average Bonchev–Trinajstić information content (AvgIpc) is 2.90. The fourth-order valence-electron chi connectivity index (χ4n) is 4.96. The van der Waals surface area contributed by atoms with Crippen LogP contribution in [0.25, 0.3) is 0 Å². The second-order valence-electron chi connectivity index (χ2n) is 10.3. The fourth-order valence-corrected chi connectivity index (χ4v) is 4.96. The van der Waals surface area contributed by atoms with Crippen LogP contribution in [0.15, 0.2) is 12.1 Å². The first-order valence-electron chi connectivity index (χ1n) is 13.8. The number of piperidine rings is 1. The summed E-state index contributed by atoms with van der Waals surface area (Å²) < 4.78 is 25.7. The van der Waals surface area contributed by atoms with E-state index in [0.717, 1.165) is 23.8 Å².